The van der Waals surface area contributed by atoms with Gasteiger partial charge in [0, 0.05) is 18.7 Å². The summed E-state index contributed by atoms with van der Waals surface area (Å²) in [5.74, 6) is -6.83. The van der Waals surface area contributed by atoms with Gasteiger partial charge in [-0.15, -0.1) is 0 Å². The number of aromatic nitrogens is 2. The monoisotopic (exact) mass is 484 g/mol. The zero-order chi connectivity index (χ0) is 24.4. The van der Waals surface area contributed by atoms with Gasteiger partial charge >= 0.3 is 11.7 Å². The second-order valence-corrected chi connectivity index (χ2v) is 7.43. The molecule has 1 aromatic heterocycles. The fraction of sp³-hybridized carbons (Fsp3) is 0.200. The molecule has 0 bridgehead atoms. The molecule has 0 aliphatic heterocycles. The first kappa shape index (κ1) is 23.9. The standard InChI is InChI=1S/C20H16ClF3N4O5/c1-8-2-3-9(21)16(17(8)24)18(30)26-13(19(31)32)6-25-15(29)7-28-14-5-11(23)10(22)4-12(14)27-20(28)33/h2-5,13H,6-7H2,1H3,(H,25,29)(H,26,30)(H,27,33)(H,31,32)/t13-/m0/s1. The maximum atomic E-state index is 14.3. The third-order valence-corrected chi connectivity index (χ3v) is 5.05. The number of carboxylic acid groups (broad SMARTS) is 1. The molecule has 1 heterocycles. The zero-order valence-corrected chi connectivity index (χ0v) is 17.6. The molecule has 33 heavy (non-hydrogen) atoms. The number of amides is 2. The number of aromatic amines is 1. The summed E-state index contributed by atoms with van der Waals surface area (Å²) in [5, 5.41) is 13.4. The number of halogens is 4. The van der Waals surface area contributed by atoms with Crippen LogP contribution in [0.5, 0.6) is 0 Å². The van der Waals surface area contributed by atoms with Gasteiger partial charge in [0.25, 0.3) is 5.91 Å². The summed E-state index contributed by atoms with van der Waals surface area (Å²) >= 11 is 5.85. The lowest BCUT2D eigenvalue weighted by Gasteiger charge is -2.16. The summed E-state index contributed by atoms with van der Waals surface area (Å²) in [6.07, 6.45) is 0. The van der Waals surface area contributed by atoms with E-state index in [2.05, 4.69) is 15.6 Å². The number of nitrogens with one attached hydrogen (secondary N) is 3. The summed E-state index contributed by atoms with van der Waals surface area (Å²) in [4.78, 5) is 50.4. The van der Waals surface area contributed by atoms with E-state index in [4.69, 9.17) is 11.6 Å². The van der Waals surface area contributed by atoms with E-state index in [1.807, 2.05) is 0 Å². The van der Waals surface area contributed by atoms with Gasteiger partial charge < -0.3 is 20.7 Å². The minimum absolute atomic E-state index is 0.0422. The molecule has 0 saturated heterocycles. The van der Waals surface area contributed by atoms with Crippen LogP contribution in [0, 0.1) is 24.4 Å². The van der Waals surface area contributed by atoms with Crippen molar-refractivity contribution in [2.45, 2.75) is 19.5 Å². The average Bonchev–Trinajstić information content (AvgIpc) is 3.02. The lowest BCUT2D eigenvalue weighted by Crippen LogP contribution is -2.49. The lowest BCUT2D eigenvalue weighted by molar-refractivity contribution is -0.139. The number of benzene rings is 2. The van der Waals surface area contributed by atoms with Crippen molar-refractivity contribution in [2.24, 2.45) is 0 Å². The molecule has 3 rings (SSSR count). The highest BCUT2D eigenvalue weighted by atomic mass is 35.5. The van der Waals surface area contributed by atoms with Crippen molar-refractivity contribution in [1.29, 1.82) is 0 Å². The fourth-order valence-electron chi connectivity index (χ4n) is 3.02. The first-order chi connectivity index (χ1) is 15.5. The highest BCUT2D eigenvalue weighted by Crippen LogP contribution is 2.22. The number of carbonyl (C=O) groups is 3. The van der Waals surface area contributed by atoms with Crippen LogP contribution in [-0.2, 0) is 16.1 Å². The second-order valence-electron chi connectivity index (χ2n) is 7.02. The van der Waals surface area contributed by atoms with Crippen molar-refractivity contribution in [3.63, 3.8) is 0 Å². The summed E-state index contributed by atoms with van der Waals surface area (Å²) in [5.41, 5.74) is -1.38. The average molecular weight is 485 g/mol. The summed E-state index contributed by atoms with van der Waals surface area (Å²) in [6.45, 7) is 0.123. The number of nitrogens with zero attached hydrogens (tertiary/aromatic N) is 1. The Labute approximate surface area is 188 Å². The van der Waals surface area contributed by atoms with E-state index in [1.165, 1.54) is 19.1 Å². The number of carbonyl (C=O) groups excluding carboxylic acids is 2. The lowest BCUT2D eigenvalue weighted by atomic mass is 10.1. The van der Waals surface area contributed by atoms with Gasteiger partial charge in [0.2, 0.25) is 5.91 Å². The van der Waals surface area contributed by atoms with Gasteiger partial charge in [-0.1, -0.05) is 17.7 Å². The maximum Gasteiger partial charge on any atom is 0.328 e. The van der Waals surface area contributed by atoms with Crippen molar-refractivity contribution in [3.05, 3.63) is 68.4 Å². The SMILES string of the molecule is Cc1ccc(Cl)c(C(=O)N[C@@H](CNC(=O)Cn2c(=O)[nH]c3cc(F)c(F)cc32)C(=O)O)c1F. The van der Waals surface area contributed by atoms with Crippen LogP contribution in [0.15, 0.2) is 29.1 Å². The Morgan fingerprint density at radius 1 is 1.18 bits per heavy atom. The number of aryl methyl sites for hydroxylation is 1. The van der Waals surface area contributed by atoms with Gasteiger partial charge in [-0.2, -0.15) is 0 Å². The highest BCUT2D eigenvalue weighted by molar-refractivity contribution is 6.34. The zero-order valence-electron chi connectivity index (χ0n) is 16.8. The van der Waals surface area contributed by atoms with Crippen LogP contribution >= 0.6 is 11.6 Å². The number of rotatable bonds is 7. The molecular weight excluding hydrogens is 469 g/mol. The van der Waals surface area contributed by atoms with Crippen molar-refractivity contribution < 1.29 is 32.7 Å². The maximum absolute atomic E-state index is 14.3. The van der Waals surface area contributed by atoms with Crippen LogP contribution in [-0.4, -0.2) is 45.0 Å². The minimum atomic E-state index is -1.66. The molecule has 4 N–H and O–H groups in total. The molecule has 0 unspecified atom stereocenters. The van der Waals surface area contributed by atoms with Gasteiger partial charge in [-0.25, -0.2) is 22.8 Å². The van der Waals surface area contributed by atoms with E-state index in [0.29, 0.717) is 0 Å². The van der Waals surface area contributed by atoms with E-state index in [-0.39, 0.29) is 21.6 Å². The number of hydrogen-bond acceptors (Lipinski definition) is 4. The predicted molar refractivity (Wildman–Crippen MR) is 111 cm³/mol. The number of hydrogen-bond donors (Lipinski definition) is 4. The van der Waals surface area contributed by atoms with E-state index >= 15 is 0 Å². The number of aliphatic carboxylic acids is 1. The number of H-pyrrole nitrogens is 1. The van der Waals surface area contributed by atoms with E-state index in [1.54, 1.807) is 0 Å². The summed E-state index contributed by atoms with van der Waals surface area (Å²) < 4.78 is 41.9. The van der Waals surface area contributed by atoms with Gasteiger partial charge in [0.1, 0.15) is 18.4 Å². The Morgan fingerprint density at radius 3 is 2.52 bits per heavy atom. The van der Waals surface area contributed by atoms with E-state index in [9.17, 15) is 37.5 Å². The molecule has 174 valence electrons. The molecule has 0 spiro atoms. The molecule has 13 heteroatoms. The Morgan fingerprint density at radius 2 is 1.85 bits per heavy atom. The molecular formula is C20H16ClF3N4O5. The molecule has 0 fully saturated rings. The van der Waals surface area contributed by atoms with Crippen LogP contribution in [0.25, 0.3) is 11.0 Å². The molecule has 3 aromatic rings. The third kappa shape index (κ3) is 5.00. The minimum Gasteiger partial charge on any atom is -0.480 e. The Balaban J connectivity index is 1.71. The molecule has 2 aromatic carbocycles. The van der Waals surface area contributed by atoms with Crippen molar-refractivity contribution in [3.8, 4) is 0 Å². The number of fused-ring (bicyclic) bond motifs is 1. The largest absolute Gasteiger partial charge is 0.480 e. The highest BCUT2D eigenvalue weighted by Gasteiger charge is 2.25. The van der Waals surface area contributed by atoms with Gasteiger partial charge in [-0.3, -0.25) is 14.2 Å². The van der Waals surface area contributed by atoms with Crippen molar-refractivity contribution in [1.82, 2.24) is 20.2 Å². The Hall–Kier alpha value is -3.80. The van der Waals surface area contributed by atoms with Gasteiger partial charge in [0.15, 0.2) is 11.6 Å². The molecule has 0 aliphatic carbocycles. The Bertz CT molecular complexity index is 1340. The second kappa shape index (κ2) is 9.36. The molecule has 2 amide bonds. The molecule has 9 nitrogen and oxygen atoms in total. The predicted octanol–water partition coefficient (Wildman–Crippen LogP) is 1.71. The third-order valence-electron chi connectivity index (χ3n) is 4.74. The van der Waals surface area contributed by atoms with Crippen LogP contribution in [0.4, 0.5) is 13.2 Å². The van der Waals surface area contributed by atoms with Gasteiger partial charge in [0.05, 0.1) is 21.6 Å². The van der Waals surface area contributed by atoms with Crippen LogP contribution in [0.2, 0.25) is 5.02 Å². The van der Waals surface area contributed by atoms with Crippen LogP contribution in [0.1, 0.15) is 15.9 Å². The molecule has 0 saturated carbocycles. The van der Waals surface area contributed by atoms with Gasteiger partial charge in [-0.05, 0) is 18.6 Å². The molecule has 1 atom stereocenters. The summed E-state index contributed by atoms with van der Waals surface area (Å²) in [7, 11) is 0. The van der Waals surface area contributed by atoms with Crippen molar-refractivity contribution >= 4 is 40.4 Å². The van der Waals surface area contributed by atoms with Crippen LogP contribution in [0.3, 0.4) is 0 Å². The van der Waals surface area contributed by atoms with Crippen molar-refractivity contribution in [2.75, 3.05) is 6.54 Å². The van der Waals surface area contributed by atoms with E-state index in [0.717, 1.165) is 16.7 Å². The quantitative estimate of drug-likeness (QED) is 0.405. The fourth-order valence-corrected chi connectivity index (χ4v) is 3.25. The molecule has 0 aliphatic rings. The first-order valence-electron chi connectivity index (χ1n) is 9.32. The first-order valence-corrected chi connectivity index (χ1v) is 9.70. The summed E-state index contributed by atoms with van der Waals surface area (Å²) in [6, 6.07) is 2.45. The number of carboxylic acids is 1. The van der Waals surface area contributed by atoms with Crippen LogP contribution < -0.4 is 16.3 Å². The smallest absolute Gasteiger partial charge is 0.328 e. The number of imidazole rings is 1. The normalized spacial score (nSPS) is 11.9. The molecule has 0 radical (unpaired) electrons. The Kier molecular flexibility index (Phi) is 6.77. The van der Waals surface area contributed by atoms with E-state index < -0.39 is 65.6 Å². The topological polar surface area (TPSA) is 133 Å².